The van der Waals surface area contributed by atoms with Crippen LogP contribution >= 0.6 is 0 Å². The first-order valence-electron chi connectivity index (χ1n) is 10.4. The number of hydrazine groups is 1. The van der Waals surface area contributed by atoms with Gasteiger partial charge in [-0.05, 0) is 33.4 Å². The third kappa shape index (κ3) is 5.90. The molecule has 4 N–H and O–H groups in total. The summed E-state index contributed by atoms with van der Waals surface area (Å²) < 4.78 is 0. The van der Waals surface area contributed by atoms with Gasteiger partial charge in [0, 0.05) is 6.54 Å². The molecule has 0 aliphatic rings. The van der Waals surface area contributed by atoms with Crippen LogP contribution in [0.4, 0.5) is 0 Å². The van der Waals surface area contributed by atoms with Gasteiger partial charge in [-0.3, -0.25) is 5.43 Å². The fourth-order valence-electron chi connectivity index (χ4n) is 3.26. The van der Waals surface area contributed by atoms with E-state index < -0.39 is 0 Å². The minimum absolute atomic E-state index is 0.197. The van der Waals surface area contributed by atoms with Crippen molar-refractivity contribution in [2.45, 2.75) is 6.54 Å². The van der Waals surface area contributed by atoms with E-state index in [-0.39, 0.29) is 5.96 Å². The van der Waals surface area contributed by atoms with Crippen molar-refractivity contribution < 1.29 is 0 Å². The largest absolute Gasteiger partial charge is 0.367 e. The lowest BCUT2D eigenvalue weighted by Gasteiger charge is -2.08. The van der Waals surface area contributed by atoms with Crippen LogP contribution in [0, 0.1) is 0 Å². The number of nitrogens with one attached hydrogen (secondary N) is 2. The van der Waals surface area contributed by atoms with Crippen molar-refractivity contribution >= 4 is 12.2 Å². The van der Waals surface area contributed by atoms with Gasteiger partial charge in [0.1, 0.15) is 0 Å². The Hall–Kier alpha value is -4.22. The second-order valence-corrected chi connectivity index (χ2v) is 7.26. The van der Waals surface area contributed by atoms with E-state index in [4.69, 9.17) is 5.73 Å². The number of hydrogen-bond donors (Lipinski definition) is 3. The molecule has 4 aromatic carbocycles. The van der Waals surface area contributed by atoms with Crippen LogP contribution in [0.2, 0.25) is 0 Å². The van der Waals surface area contributed by atoms with Crippen molar-refractivity contribution in [2.75, 3.05) is 0 Å². The quantitative estimate of drug-likeness (QED) is 0.225. The SMILES string of the molecule is NC(=N/N=C\c1ccc(-c2ccccc2)cc1)NNCc1ccc(-c2ccccc2)cc1. The molecule has 0 unspecified atom stereocenters. The third-order valence-electron chi connectivity index (χ3n) is 4.96. The number of nitrogens with two attached hydrogens (primary N) is 1. The van der Waals surface area contributed by atoms with Gasteiger partial charge in [0.2, 0.25) is 5.96 Å². The molecule has 0 saturated carbocycles. The molecule has 4 rings (SSSR count). The van der Waals surface area contributed by atoms with Crippen LogP contribution in [0.1, 0.15) is 11.1 Å². The second kappa shape index (κ2) is 10.7. The lowest BCUT2D eigenvalue weighted by molar-refractivity contribution is 0.647. The van der Waals surface area contributed by atoms with Gasteiger partial charge in [-0.1, -0.05) is 109 Å². The molecular formula is C27H25N5. The number of benzene rings is 4. The van der Waals surface area contributed by atoms with Gasteiger partial charge < -0.3 is 5.73 Å². The molecule has 0 aliphatic carbocycles. The van der Waals surface area contributed by atoms with Crippen molar-refractivity contribution in [1.29, 1.82) is 0 Å². The molecule has 0 saturated heterocycles. The predicted molar refractivity (Wildman–Crippen MR) is 133 cm³/mol. The van der Waals surface area contributed by atoms with Gasteiger partial charge in [0.15, 0.2) is 0 Å². The van der Waals surface area contributed by atoms with Gasteiger partial charge in [-0.15, -0.1) is 5.10 Å². The highest BCUT2D eigenvalue weighted by atomic mass is 15.4. The number of guanidine groups is 1. The molecule has 5 heteroatoms. The highest BCUT2D eigenvalue weighted by molar-refractivity contribution is 5.83. The van der Waals surface area contributed by atoms with Gasteiger partial charge in [-0.2, -0.15) is 5.10 Å². The Morgan fingerprint density at radius 3 is 1.72 bits per heavy atom. The molecule has 0 radical (unpaired) electrons. The molecule has 0 amide bonds. The van der Waals surface area contributed by atoms with Crippen LogP contribution in [0.15, 0.2) is 119 Å². The summed E-state index contributed by atoms with van der Waals surface area (Å²) in [6.45, 7) is 0.607. The smallest absolute Gasteiger partial charge is 0.228 e. The minimum Gasteiger partial charge on any atom is -0.367 e. The van der Waals surface area contributed by atoms with Crippen molar-refractivity contribution in [3.8, 4) is 22.3 Å². The highest BCUT2D eigenvalue weighted by Gasteiger charge is 1.98. The maximum Gasteiger partial charge on any atom is 0.228 e. The maximum absolute atomic E-state index is 5.86. The normalized spacial score (nSPS) is 11.6. The molecule has 5 nitrogen and oxygen atoms in total. The van der Waals surface area contributed by atoms with E-state index in [0.29, 0.717) is 6.54 Å². The zero-order valence-corrected chi connectivity index (χ0v) is 17.6. The number of nitrogens with zero attached hydrogens (tertiary/aromatic N) is 2. The fraction of sp³-hybridized carbons (Fsp3) is 0.0370. The summed E-state index contributed by atoms with van der Waals surface area (Å²) in [6.07, 6.45) is 1.67. The molecule has 4 aromatic rings. The summed E-state index contributed by atoms with van der Waals surface area (Å²) in [4.78, 5) is 0. The first-order valence-corrected chi connectivity index (χ1v) is 10.4. The first kappa shape index (κ1) is 21.0. The van der Waals surface area contributed by atoms with Crippen LogP contribution in [-0.2, 0) is 6.54 Å². The van der Waals surface area contributed by atoms with E-state index in [1.807, 2.05) is 48.5 Å². The second-order valence-electron chi connectivity index (χ2n) is 7.26. The number of rotatable bonds is 7. The molecule has 0 aliphatic heterocycles. The monoisotopic (exact) mass is 419 g/mol. The molecule has 0 heterocycles. The standard InChI is InChI=1S/C27H25N5/c28-27(31-29-19-21-11-15-25(16-12-21)23-7-3-1-4-8-23)32-30-20-22-13-17-26(18-14-22)24-9-5-2-6-10-24/h1-19,30H,20H2,(H3,28,31,32)/b29-19-. The average molecular weight is 420 g/mol. The molecule has 0 fully saturated rings. The average Bonchev–Trinajstić information content (AvgIpc) is 2.86. The van der Waals surface area contributed by atoms with E-state index in [2.05, 4.69) is 81.7 Å². The van der Waals surface area contributed by atoms with Gasteiger partial charge in [-0.25, -0.2) is 5.43 Å². The molecule has 0 spiro atoms. The summed E-state index contributed by atoms with van der Waals surface area (Å²) in [5.41, 5.74) is 18.6. The summed E-state index contributed by atoms with van der Waals surface area (Å²) in [5, 5.41) is 8.03. The fourth-order valence-corrected chi connectivity index (χ4v) is 3.26. The summed E-state index contributed by atoms with van der Waals surface area (Å²) in [7, 11) is 0. The summed E-state index contributed by atoms with van der Waals surface area (Å²) in [5.74, 6) is 0.197. The van der Waals surface area contributed by atoms with E-state index >= 15 is 0 Å². The highest BCUT2D eigenvalue weighted by Crippen LogP contribution is 2.19. The van der Waals surface area contributed by atoms with Crippen molar-refractivity contribution in [1.82, 2.24) is 10.9 Å². The van der Waals surface area contributed by atoms with Gasteiger partial charge in [0.25, 0.3) is 0 Å². The Balaban J connectivity index is 1.25. The Morgan fingerprint density at radius 2 is 1.16 bits per heavy atom. The van der Waals surface area contributed by atoms with Crippen molar-refractivity contribution in [3.63, 3.8) is 0 Å². The third-order valence-corrected chi connectivity index (χ3v) is 4.96. The topological polar surface area (TPSA) is 74.8 Å². The van der Waals surface area contributed by atoms with Crippen LogP contribution in [-0.4, -0.2) is 12.2 Å². The molecular weight excluding hydrogens is 394 g/mol. The Morgan fingerprint density at radius 1 is 0.656 bits per heavy atom. The molecule has 0 aromatic heterocycles. The van der Waals surface area contributed by atoms with Crippen molar-refractivity contribution in [3.05, 3.63) is 120 Å². The van der Waals surface area contributed by atoms with E-state index in [0.717, 1.165) is 16.7 Å². The van der Waals surface area contributed by atoms with Gasteiger partial charge in [0.05, 0.1) is 6.21 Å². The summed E-state index contributed by atoms with van der Waals surface area (Å²) >= 11 is 0. The van der Waals surface area contributed by atoms with E-state index in [9.17, 15) is 0 Å². The van der Waals surface area contributed by atoms with E-state index in [1.54, 1.807) is 6.21 Å². The van der Waals surface area contributed by atoms with Crippen molar-refractivity contribution in [2.24, 2.45) is 15.9 Å². The number of hydrogen-bond acceptors (Lipinski definition) is 3. The van der Waals surface area contributed by atoms with Crippen LogP contribution in [0.3, 0.4) is 0 Å². The Kier molecular flexibility index (Phi) is 7.03. The molecule has 0 bridgehead atoms. The predicted octanol–water partition coefficient (Wildman–Crippen LogP) is 4.96. The molecule has 158 valence electrons. The summed E-state index contributed by atoms with van der Waals surface area (Å²) in [6, 6.07) is 37.1. The van der Waals surface area contributed by atoms with Crippen LogP contribution < -0.4 is 16.6 Å². The zero-order valence-electron chi connectivity index (χ0n) is 17.6. The van der Waals surface area contributed by atoms with Crippen LogP contribution in [0.5, 0.6) is 0 Å². The lowest BCUT2D eigenvalue weighted by Crippen LogP contribution is -2.41. The Labute approximate surface area is 188 Å². The maximum atomic E-state index is 5.86. The zero-order chi connectivity index (χ0) is 22.0. The first-order chi connectivity index (χ1) is 15.8. The minimum atomic E-state index is 0.197. The van der Waals surface area contributed by atoms with E-state index in [1.165, 1.54) is 16.7 Å². The lowest BCUT2D eigenvalue weighted by atomic mass is 10.0. The molecule has 0 atom stereocenters. The molecule has 32 heavy (non-hydrogen) atoms. The van der Waals surface area contributed by atoms with Crippen LogP contribution in [0.25, 0.3) is 22.3 Å². The van der Waals surface area contributed by atoms with Gasteiger partial charge >= 0.3 is 0 Å². The Bertz CT molecular complexity index is 1170.